The molecule has 2 aromatic carbocycles. The molecule has 0 radical (unpaired) electrons. The Bertz CT molecular complexity index is 1020. The SMILES string of the molecule is Cc1nc(-c2cccc(N3C[C@H](C(=O)NCCc4ccccc4)CC3=O)c2)no1. The summed E-state index contributed by atoms with van der Waals surface area (Å²) in [6, 6.07) is 17.4. The van der Waals surface area contributed by atoms with Gasteiger partial charge in [0.15, 0.2) is 0 Å². The Morgan fingerprint density at radius 1 is 1.21 bits per heavy atom. The van der Waals surface area contributed by atoms with Gasteiger partial charge in [0.2, 0.25) is 23.5 Å². The maximum Gasteiger partial charge on any atom is 0.227 e. The molecule has 1 aliphatic heterocycles. The molecule has 1 saturated heterocycles. The number of aryl methyl sites for hydroxylation is 1. The van der Waals surface area contributed by atoms with Gasteiger partial charge in [0, 0.05) is 37.7 Å². The zero-order valence-electron chi connectivity index (χ0n) is 16.2. The second kappa shape index (κ2) is 8.26. The van der Waals surface area contributed by atoms with Gasteiger partial charge in [-0.3, -0.25) is 9.59 Å². The third-order valence-corrected chi connectivity index (χ3v) is 5.00. The van der Waals surface area contributed by atoms with Gasteiger partial charge in [-0.15, -0.1) is 0 Å². The van der Waals surface area contributed by atoms with Crippen LogP contribution in [0, 0.1) is 12.8 Å². The van der Waals surface area contributed by atoms with Crippen LogP contribution in [0.25, 0.3) is 11.4 Å². The average molecular weight is 390 g/mol. The number of aromatic nitrogens is 2. The van der Waals surface area contributed by atoms with Crippen molar-refractivity contribution in [3.63, 3.8) is 0 Å². The van der Waals surface area contributed by atoms with Crippen molar-refractivity contribution in [1.82, 2.24) is 15.5 Å². The highest BCUT2D eigenvalue weighted by Crippen LogP contribution is 2.28. The molecule has 29 heavy (non-hydrogen) atoms. The quantitative estimate of drug-likeness (QED) is 0.699. The van der Waals surface area contributed by atoms with Gasteiger partial charge in [0.05, 0.1) is 5.92 Å². The fraction of sp³-hybridized carbons (Fsp3) is 0.273. The van der Waals surface area contributed by atoms with Crippen molar-refractivity contribution < 1.29 is 14.1 Å². The average Bonchev–Trinajstić information content (AvgIpc) is 3.35. The fourth-order valence-corrected chi connectivity index (χ4v) is 3.48. The van der Waals surface area contributed by atoms with E-state index in [9.17, 15) is 9.59 Å². The minimum atomic E-state index is -0.352. The molecule has 1 aliphatic rings. The van der Waals surface area contributed by atoms with Gasteiger partial charge in [-0.25, -0.2) is 0 Å². The molecule has 4 rings (SSSR count). The molecule has 1 atom stereocenters. The van der Waals surface area contributed by atoms with E-state index in [2.05, 4.69) is 15.5 Å². The standard InChI is InChI=1S/C22H22N4O3/c1-15-24-21(25-29-15)17-8-5-9-19(12-17)26-14-18(13-20(26)27)22(28)23-11-10-16-6-3-2-4-7-16/h2-9,12,18H,10-11,13-14H2,1H3,(H,23,28)/t18-/m1/s1. The second-order valence-electron chi connectivity index (χ2n) is 7.12. The topological polar surface area (TPSA) is 88.3 Å². The number of rotatable bonds is 6. The number of nitrogens with one attached hydrogen (secondary N) is 1. The predicted molar refractivity (Wildman–Crippen MR) is 108 cm³/mol. The van der Waals surface area contributed by atoms with Gasteiger partial charge in [-0.05, 0) is 24.1 Å². The Hall–Kier alpha value is -3.48. The number of amides is 2. The molecule has 7 nitrogen and oxygen atoms in total. The molecule has 2 amide bonds. The Labute approximate surface area is 168 Å². The zero-order chi connectivity index (χ0) is 20.2. The van der Waals surface area contributed by atoms with Gasteiger partial charge < -0.3 is 14.7 Å². The van der Waals surface area contributed by atoms with Gasteiger partial charge in [0.1, 0.15) is 0 Å². The van der Waals surface area contributed by atoms with Crippen molar-refractivity contribution in [2.75, 3.05) is 18.0 Å². The molecule has 2 heterocycles. The van der Waals surface area contributed by atoms with Crippen molar-refractivity contribution in [2.45, 2.75) is 19.8 Å². The summed E-state index contributed by atoms with van der Waals surface area (Å²) in [4.78, 5) is 30.9. The van der Waals surface area contributed by atoms with Crippen LogP contribution in [0.5, 0.6) is 0 Å². The number of hydrogen-bond donors (Lipinski definition) is 1. The van der Waals surface area contributed by atoms with Crippen molar-refractivity contribution in [2.24, 2.45) is 5.92 Å². The van der Waals surface area contributed by atoms with Crippen molar-refractivity contribution in [1.29, 1.82) is 0 Å². The maximum absolute atomic E-state index is 12.5. The largest absolute Gasteiger partial charge is 0.355 e. The van der Waals surface area contributed by atoms with E-state index in [0.717, 1.165) is 17.7 Å². The summed E-state index contributed by atoms with van der Waals surface area (Å²) in [6.07, 6.45) is 0.978. The van der Waals surface area contributed by atoms with E-state index in [1.165, 1.54) is 5.56 Å². The van der Waals surface area contributed by atoms with Crippen LogP contribution in [-0.4, -0.2) is 35.0 Å². The third kappa shape index (κ3) is 4.34. The van der Waals surface area contributed by atoms with E-state index in [0.29, 0.717) is 24.8 Å². The van der Waals surface area contributed by atoms with Crippen LogP contribution in [0.15, 0.2) is 59.1 Å². The number of carbonyl (C=O) groups is 2. The van der Waals surface area contributed by atoms with Crippen LogP contribution in [-0.2, 0) is 16.0 Å². The first-order valence-corrected chi connectivity index (χ1v) is 9.63. The van der Waals surface area contributed by atoms with Crippen LogP contribution in [0.1, 0.15) is 17.9 Å². The minimum absolute atomic E-state index is 0.0605. The van der Waals surface area contributed by atoms with Gasteiger partial charge in [0.25, 0.3) is 0 Å². The van der Waals surface area contributed by atoms with Crippen molar-refractivity contribution in [3.05, 3.63) is 66.1 Å². The molecule has 3 aromatic rings. The third-order valence-electron chi connectivity index (χ3n) is 5.00. The minimum Gasteiger partial charge on any atom is -0.355 e. The lowest BCUT2D eigenvalue weighted by molar-refractivity contribution is -0.126. The highest BCUT2D eigenvalue weighted by Gasteiger charge is 2.35. The summed E-state index contributed by atoms with van der Waals surface area (Å²) in [6.45, 7) is 2.65. The van der Waals surface area contributed by atoms with Crippen molar-refractivity contribution in [3.8, 4) is 11.4 Å². The molecule has 0 bridgehead atoms. The number of carbonyl (C=O) groups excluding carboxylic acids is 2. The lowest BCUT2D eigenvalue weighted by atomic mass is 10.1. The number of anilines is 1. The molecule has 7 heteroatoms. The Kier molecular flexibility index (Phi) is 5.37. The van der Waals surface area contributed by atoms with E-state index >= 15 is 0 Å². The molecule has 148 valence electrons. The van der Waals surface area contributed by atoms with E-state index in [1.54, 1.807) is 11.8 Å². The van der Waals surface area contributed by atoms with E-state index in [1.807, 2.05) is 54.6 Å². The number of hydrogen-bond acceptors (Lipinski definition) is 5. The normalized spacial score (nSPS) is 16.2. The summed E-state index contributed by atoms with van der Waals surface area (Å²) in [5.41, 5.74) is 2.67. The second-order valence-corrected chi connectivity index (χ2v) is 7.12. The van der Waals surface area contributed by atoms with Crippen LogP contribution in [0.2, 0.25) is 0 Å². The van der Waals surface area contributed by atoms with Gasteiger partial charge >= 0.3 is 0 Å². The first-order chi connectivity index (χ1) is 14.1. The van der Waals surface area contributed by atoms with Crippen LogP contribution >= 0.6 is 0 Å². The van der Waals surface area contributed by atoms with Crippen LogP contribution < -0.4 is 10.2 Å². The monoisotopic (exact) mass is 390 g/mol. The van der Waals surface area contributed by atoms with Gasteiger partial charge in [-0.1, -0.05) is 47.6 Å². The molecule has 1 aromatic heterocycles. The number of nitrogens with zero attached hydrogens (tertiary/aromatic N) is 3. The first-order valence-electron chi connectivity index (χ1n) is 9.63. The molecular formula is C22H22N4O3. The highest BCUT2D eigenvalue weighted by molar-refractivity contribution is 6.00. The summed E-state index contributed by atoms with van der Waals surface area (Å²) in [7, 11) is 0. The van der Waals surface area contributed by atoms with E-state index in [4.69, 9.17) is 4.52 Å². The Balaban J connectivity index is 1.38. The molecule has 0 unspecified atom stereocenters. The van der Waals surface area contributed by atoms with Crippen molar-refractivity contribution >= 4 is 17.5 Å². The van der Waals surface area contributed by atoms with Crippen LogP contribution in [0.4, 0.5) is 5.69 Å². The first kappa shape index (κ1) is 18.9. The fourth-order valence-electron chi connectivity index (χ4n) is 3.48. The number of benzene rings is 2. The lowest BCUT2D eigenvalue weighted by Crippen LogP contribution is -2.34. The summed E-state index contributed by atoms with van der Waals surface area (Å²) in [5.74, 6) is 0.465. The molecule has 1 N–H and O–H groups in total. The van der Waals surface area contributed by atoms with Gasteiger partial charge in [-0.2, -0.15) is 4.98 Å². The summed E-state index contributed by atoms with van der Waals surface area (Å²) in [5, 5.41) is 6.88. The smallest absolute Gasteiger partial charge is 0.227 e. The Morgan fingerprint density at radius 3 is 2.79 bits per heavy atom. The summed E-state index contributed by atoms with van der Waals surface area (Å²) < 4.78 is 5.03. The Morgan fingerprint density at radius 2 is 2.03 bits per heavy atom. The molecule has 0 spiro atoms. The zero-order valence-corrected chi connectivity index (χ0v) is 16.2. The molecule has 1 fully saturated rings. The maximum atomic E-state index is 12.5. The van der Waals surface area contributed by atoms with Crippen LogP contribution in [0.3, 0.4) is 0 Å². The van der Waals surface area contributed by atoms with E-state index in [-0.39, 0.29) is 24.2 Å². The highest BCUT2D eigenvalue weighted by atomic mass is 16.5. The lowest BCUT2D eigenvalue weighted by Gasteiger charge is -2.17. The molecule has 0 aliphatic carbocycles. The van der Waals surface area contributed by atoms with E-state index < -0.39 is 0 Å². The molecular weight excluding hydrogens is 368 g/mol. The molecule has 0 saturated carbocycles. The summed E-state index contributed by atoms with van der Waals surface area (Å²) >= 11 is 0. The predicted octanol–water partition coefficient (Wildman–Crippen LogP) is 2.76.